The first-order chi connectivity index (χ1) is 22.3. The van der Waals surface area contributed by atoms with Gasteiger partial charge in [0.15, 0.2) is 11.0 Å². The molecule has 4 aromatic rings. The molecule has 6 rings (SSSR count). The van der Waals surface area contributed by atoms with E-state index in [2.05, 4.69) is 56.5 Å². The van der Waals surface area contributed by atoms with E-state index in [9.17, 15) is 26.7 Å². The Bertz CT molecular complexity index is 1860. The number of aromatic nitrogens is 3. The molecular formula is C32H27F5N6O3S. The molecule has 0 aliphatic carbocycles. The maximum atomic E-state index is 13.2. The van der Waals surface area contributed by atoms with Crippen LogP contribution in [0.25, 0.3) is 17.1 Å². The number of carbonyl (C=O) groups excluding carboxylic acids is 1. The molecule has 15 heteroatoms. The summed E-state index contributed by atoms with van der Waals surface area (Å²) >= 11 is 1.49. The van der Waals surface area contributed by atoms with E-state index < -0.39 is 30.2 Å². The summed E-state index contributed by atoms with van der Waals surface area (Å²) in [5.41, 5.74) is 8.60. The minimum Gasteiger partial charge on any atom is -0.426 e. The number of aliphatic imine (C=N–C) groups is 1. The molecule has 1 aromatic heterocycles. The number of halogens is 5. The number of nitrogens with zero attached hydrogens (tertiary/aromatic N) is 5. The number of fused-ring (bicyclic) bond motifs is 3. The molecule has 0 radical (unpaired) electrons. The van der Waals surface area contributed by atoms with Gasteiger partial charge in [-0.05, 0) is 60.9 Å². The lowest BCUT2D eigenvalue weighted by atomic mass is 9.93. The second-order valence-corrected chi connectivity index (χ2v) is 11.9. The molecule has 3 heterocycles. The molecule has 0 spiro atoms. The number of hydrogen-bond acceptors (Lipinski definition) is 6. The van der Waals surface area contributed by atoms with Crippen LogP contribution in [0.3, 0.4) is 0 Å². The van der Waals surface area contributed by atoms with Crippen LogP contribution in [0.2, 0.25) is 0 Å². The molecule has 2 aliphatic rings. The minimum absolute atomic E-state index is 0.267. The number of rotatable bonds is 7. The van der Waals surface area contributed by atoms with Crippen molar-refractivity contribution in [1.82, 2.24) is 20.2 Å². The maximum absolute atomic E-state index is 13.2. The van der Waals surface area contributed by atoms with E-state index in [0.29, 0.717) is 28.0 Å². The van der Waals surface area contributed by atoms with Crippen molar-refractivity contribution in [3.05, 3.63) is 102 Å². The van der Waals surface area contributed by atoms with Gasteiger partial charge in [-0.3, -0.25) is 9.74 Å². The number of thioether (sulfide) groups is 1. The Morgan fingerprint density at radius 2 is 1.79 bits per heavy atom. The molecule has 2 unspecified atom stereocenters. The number of carbonyl (C=O) groups is 1. The Morgan fingerprint density at radius 3 is 2.49 bits per heavy atom. The lowest BCUT2D eigenvalue weighted by Crippen LogP contribution is -2.41. The molecule has 1 N–H and O–H groups in total. The van der Waals surface area contributed by atoms with E-state index in [1.54, 1.807) is 31.2 Å². The molecule has 0 saturated carbocycles. The number of amides is 2. The number of allylic oxidation sites excluding steroid dienone is 1. The molecule has 244 valence electrons. The zero-order chi connectivity index (χ0) is 33.5. The van der Waals surface area contributed by atoms with Gasteiger partial charge in [-0.25, -0.2) is 19.9 Å². The van der Waals surface area contributed by atoms with Crippen molar-refractivity contribution in [2.45, 2.75) is 45.1 Å². The molecule has 1 saturated heterocycles. The number of hydroxylamine groups is 1. The highest BCUT2D eigenvalue weighted by molar-refractivity contribution is 8.14. The number of aryl methyl sites for hydroxylation is 1. The number of anilines is 1. The molecule has 9 nitrogen and oxygen atoms in total. The number of hydrogen-bond donors (Lipinski definition) is 1. The van der Waals surface area contributed by atoms with Crippen LogP contribution < -0.4 is 15.1 Å². The fraction of sp³-hybridized carbons (Fsp3) is 0.250. The van der Waals surface area contributed by atoms with Gasteiger partial charge in [0, 0.05) is 22.9 Å². The van der Waals surface area contributed by atoms with Crippen molar-refractivity contribution in [2.24, 2.45) is 4.99 Å². The normalized spacial score (nSPS) is 17.6. The summed E-state index contributed by atoms with van der Waals surface area (Å²) in [7, 11) is 0. The Morgan fingerprint density at radius 1 is 1.06 bits per heavy atom. The Balaban J connectivity index is 1.06. The predicted molar refractivity (Wildman–Crippen MR) is 167 cm³/mol. The molecule has 47 heavy (non-hydrogen) atoms. The average molecular weight is 671 g/mol. The molecule has 3 aromatic carbocycles. The van der Waals surface area contributed by atoms with E-state index in [4.69, 9.17) is 4.84 Å². The predicted octanol–water partition coefficient (Wildman–Crippen LogP) is 8.09. The van der Waals surface area contributed by atoms with Crippen LogP contribution in [0.4, 0.5) is 32.4 Å². The summed E-state index contributed by atoms with van der Waals surface area (Å²) in [5.74, 6) is 0.662. The smallest absolute Gasteiger partial charge is 0.426 e. The highest BCUT2D eigenvalue weighted by atomic mass is 32.2. The quantitative estimate of drug-likeness (QED) is 0.157. The van der Waals surface area contributed by atoms with E-state index >= 15 is 0 Å². The highest BCUT2D eigenvalue weighted by Crippen LogP contribution is 2.43. The van der Waals surface area contributed by atoms with Gasteiger partial charge in [0.1, 0.15) is 18.2 Å². The molecule has 2 amide bonds. The largest absolute Gasteiger partial charge is 0.499 e. The zero-order valence-electron chi connectivity index (χ0n) is 25.1. The highest BCUT2D eigenvalue weighted by Gasteiger charge is 2.61. The zero-order valence-corrected chi connectivity index (χ0v) is 25.9. The summed E-state index contributed by atoms with van der Waals surface area (Å²) in [6.45, 7) is 5.95. The fourth-order valence-corrected chi connectivity index (χ4v) is 6.07. The van der Waals surface area contributed by atoms with Crippen molar-refractivity contribution in [3.63, 3.8) is 0 Å². The number of nitrogens with one attached hydrogen (secondary N) is 1. The van der Waals surface area contributed by atoms with Crippen LogP contribution in [0.1, 0.15) is 42.6 Å². The van der Waals surface area contributed by atoms with Crippen LogP contribution in [0.5, 0.6) is 5.75 Å². The first kappa shape index (κ1) is 32.2. The molecule has 0 bridgehead atoms. The number of amidine groups is 1. The van der Waals surface area contributed by atoms with Crippen molar-refractivity contribution in [3.8, 4) is 22.8 Å². The van der Waals surface area contributed by atoms with E-state index in [1.807, 2.05) is 11.8 Å². The van der Waals surface area contributed by atoms with Crippen LogP contribution in [-0.4, -0.2) is 44.0 Å². The van der Waals surface area contributed by atoms with Gasteiger partial charge >= 0.3 is 18.3 Å². The van der Waals surface area contributed by atoms with Crippen LogP contribution in [0.15, 0.2) is 89.8 Å². The third kappa shape index (κ3) is 6.72. The fourth-order valence-electron chi connectivity index (χ4n) is 5.08. The summed E-state index contributed by atoms with van der Waals surface area (Å²) < 4.78 is 68.7. The Labute approximate surface area is 270 Å². The van der Waals surface area contributed by atoms with Gasteiger partial charge in [-0.2, -0.15) is 26.9 Å². The number of urea groups is 1. The van der Waals surface area contributed by atoms with Gasteiger partial charge in [-0.1, -0.05) is 61.2 Å². The lowest BCUT2D eigenvalue weighted by molar-refractivity contribution is -0.360. The molecule has 2 aliphatic heterocycles. The first-order valence-corrected chi connectivity index (χ1v) is 15.3. The van der Waals surface area contributed by atoms with Gasteiger partial charge in [0.25, 0.3) is 0 Å². The summed E-state index contributed by atoms with van der Waals surface area (Å²) in [5, 5.41) is 4.93. The Hall–Kier alpha value is -4.76. The first-order valence-electron chi connectivity index (χ1n) is 14.3. The van der Waals surface area contributed by atoms with Crippen molar-refractivity contribution in [2.75, 3.05) is 10.7 Å². The number of benzene rings is 3. The molecule has 1 fully saturated rings. The Kier molecular flexibility index (Phi) is 8.53. The minimum atomic E-state index is -5.84. The summed E-state index contributed by atoms with van der Waals surface area (Å²) in [4.78, 5) is 28.9. The summed E-state index contributed by atoms with van der Waals surface area (Å²) in [6.07, 6.45) is -8.12. The van der Waals surface area contributed by atoms with Gasteiger partial charge < -0.3 is 4.74 Å². The van der Waals surface area contributed by atoms with Crippen molar-refractivity contribution in [1.29, 1.82) is 0 Å². The third-order valence-electron chi connectivity index (χ3n) is 7.52. The molecular weight excluding hydrogens is 643 g/mol. The number of ether oxygens (including phenoxy) is 1. The van der Waals surface area contributed by atoms with Gasteiger partial charge in [-0.15, -0.1) is 5.10 Å². The topological polar surface area (TPSA) is 93.9 Å². The SMILES string of the molecule is Cc1ccc2c(c1)N1C(=CC2C)CSC1=NC(=O)NOC(C)c1ccc(-c2ncn(-c3ccc(OC(F)(F)C(F)(F)F)cc3)n2)cc1. The monoisotopic (exact) mass is 670 g/mol. The standard InChI is InChI=1S/C32H27F5N6O3S/c1-18-4-13-26-19(2)15-24-16-47-30(43(24)27(26)14-18)39-29(44)41-46-20(3)21-5-7-22(8-6-21)28-38-17-42(40-28)23-9-11-25(12-10-23)45-32(36,37)31(33,34)35/h4-15,17,19-20H,16H2,1-3H3,(H,41,44). The van der Waals surface area contributed by atoms with Crippen molar-refractivity contribution < 1.29 is 36.3 Å². The van der Waals surface area contributed by atoms with Gasteiger partial charge in [0.05, 0.1) is 11.4 Å². The van der Waals surface area contributed by atoms with Crippen LogP contribution >= 0.6 is 11.8 Å². The van der Waals surface area contributed by atoms with Gasteiger partial charge in [0.2, 0.25) is 0 Å². The van der Waals surface area contributed by atoms with Crippen molar-refractivity contribution >= 4 is 28.6 Å². The maximum Gasteiger partial charge on any atom is 0.499 e. The number of alkyl halides is 5. The van der Waals surface area contributed by atoms with E-state index in [-0.39, 0.29) is 5.92 Å². The molecule has 2 atom stereocenters. The lowest BCUT2D eigenvalue weighted by Gasteiger charge is -2.30. The van der Waals surface area contributed by atoms with Crippen LogP contribution in [0, 0.1) is 6.92 Å². The van der Waals surface area contributed by atoms with E-state index in [1.165, 1.54) is 40.5 Å². The average Bonchev–Trinajstić information content (AvgIpc) is 3.67. The van der Waals surface area contributed by atoms with Crippen LogP contribution in [-0.2, 0) is 4.84 Å². The van der Waals surface area contributed by atoms with E-state index in [0.717, 1.165) is 34.6 Å². The summed E-state index contributed by atoms with van der Waals surface area (Å²) in [6, 6.07) is 17.2. The third-order valence-corrected chi connectivity index (χ3v) is 8.49. The second kappa shape index (κ2) is 12.4. The second-order valence-electron chi connectivity index (χ2n) is 10.9.